The van der Waals surface area contributed by atoms with E-state index in [0.717, 1.165) is 36.6 Å². The summed E-state index contributed by atoms with van der Waals surface area (Å²) in [6.07, 6.45) is 5.21. The Morgan fingerprint density at radius 1 is 0.960 bits per heavy atom. The van der Waals surface area contributed by atoms with Gasteiger partial charge in [-0.1, -0.05) is 60.3 Å². The minimum atomic E-state index is -0.283. The summed E-state index contributed by atoms with van der Waals surface area (Å²) in [5.74, 6) is 0.519. The smallest absolute Gasteiger partial charge is 0.286 e. The van der Waals surface area contributed by atoms with Crippen LogP contribution < -0.4 is 5.32 Å². The molecule has 0 bridgehead atoms. The Balaban J connectivity index is 1.46. The van der Waals surface area contributed by atoms with Gasteiger partial charge in [-0.3, -0.25) is 14.9 Å². The van der Waals surface area contributed by atoms with Gasteiger partial charge in [0.15, 0.2) is 0 Å². The molecule has 1 N–H and O–H groups in total. The molecule has 2 aromatic carbocycles. The minimum Gasteiger partial charge on any atom is -0.286 e. The summed E-state index contributed by atoms with van der Waals surface area (Å²) in [6.45, 7) is 0. The Bertz CT molecular complexity index is 803. The molecule has 25 heavy (non-hydrogen) atoms. The van der Waals surface area contributed by atoms with Crippen molar-refractivity contribution >= 4 is 22.9 Å². The number of carbonyl (C=O) groups is 2. The first-order valence-electron chi connectivity index (χ1n) is 8.83. The van der Waals surface area contributed by atoms with Gasteiger partial charge in [-0.25, -0.2) is 0 Å². The fourth-order valence-electron chi connectivity index (χ4n) is 3.88. The van der Waals surface area contributed by atoms with Crippen molar-refractivity contribution in [1.29, 1.82) is 0 Å². The first-order valence-corrected chi connectivity index (χ1v) is 9.71. The number of fused-ring (bicyclic) bond motifs is 1. The second kappa shape index (κ2) is 7.04. The van der Waals surface area contributed by atoms with Gasteiger partial charge in [0, 0.05) is 0 Å². The summed E-state index contributed by atoms with van der Waals surface area (Å²) in [6, 6.07) is 17.3. The molecule has 0 radical (unpaired) electrons. The molecular formula is C21H21NO2S. The molecule has 128 valence electrons. The lowest BCUT2D eigenvalue weighted by Crippen LogP contribution is -2.25. The molecule has 3 nitrogen and oxygen atoms in total. The second-order valence-electron chi connectivity index (χ2n) is 6.99. The van der Waals surface area contributed by atoms with Crippen LogP contribution in [0, 0.1) is 5.92 Å². The maximum absolute atomic E-state index is 11.8. The summed E-state index contributed by atoms with van der Waals surface area (Å²) in [5, 5.41) is 1.86. The van der Waals surface area contributed by atoms with Gasteiger partial charge in [-0.05, 0) is 60.3 Å². The van der Waals surface area contributed by atoms with Crippen molar-refractivity contribution in [2.75, 3.05) is 0 Å². The zero-order valence-electron chi connectivity index (χ0n) is 14.0. The van der Waals surface area contributed by atoms with Crippen LogP contribution in [0.3, 0.4) is 0 Å². The lowest BCUT2D eigenvalue weighted by Gasteiger charge is -2.25. The maximum Gasteiger partial charge on any atom is 0.286 e. The van der Waals surface area contributed by atoms with E-state index < -0.39 is 0 Å². The number of aryl methyl sites for hydroxylation is 1. The Morgan fingerprint density at radius 2 is 1.80 bits per heavy atom. The largest absolute Gasteiger partial charge is 0.286 e. The second-order valence-corrected chi connectivity index (χ2v) is 8.16. The number of hydrogen-bond acceptors (Lipinski definition) is 3. The van der Waals surface area contributed by atoms with Crippen molar-refractivity contribution < 1.29 is 9.59 Å². The van der Waals surface area contributed by atoms with Crippen LogP contribution in [0.1, 0.15) is 28.7 Å². The predicted octanol–water partition coefficient (Wildman–Crippen LogP) is 3.93. The van der Waals surface area contributed by atoms with Gasteiger partial charge in [0.1, 0.15) is 0 Å². The lowest BCUT2D eigenvalue weighted by atomic mass is 9.80. The number of nitrogens with one attached hydrogen (secondary N) is 1. The Labute approximate surface area is 152 Å². The van der Waals surface area contributed by atoms with Crippen LogP contribution in [0.2, 0.25) is 0 Å². The Hall–Kier alpha value is -2.07. The van der Waals surface area contributed by atoms with E-state index >= 15 is 0 Å². The molecule has 2 aromatic rings. The highest BCUT2D eigenvalue weighted by atomic mass is 32.2. The number of carbonyl (C=O) groups excluding carboxylic acids is 2. The van der Waals surface area contributed by atoms with Crippen molar-refractivity contribution in [3.63, 3.8) is 0 Å². The first-order chi connectivity index (χ1) is 12.2. The predicted molar refractivity (Wildman–Crippen MR) is 101 cm³/mol. The number of rotatable bonds is 4. The maximum atomic E-state index is 11.8. The van der Waals surface area contributed by atoms with Crippen molar-refractivity contribution in [3.05, 3.63) is 70.8 Å². The number of thioether (sulfide) groups is 1. The summed E-state index contributed by atoms with van der Waals surface area (Å²) in [7, 11) is 0. The van der Waals surface area contributed by atoms with Crippen molar-refractivity contribution in [1.82, 2.24) is 5.32 Å². The average Bonchev–Trinajstić information content (AvgIpc) is 2.93. The lowest BCUT2D eigenvalue weighted by molar-refractivity contribution is -0.118. The van der Waals surface area contributed by atoms with Gasteiger partial charge < -0.3 is 0 Å². The van der Waals surface area contributed by atoms with Gasteiger partial charge in [0.2, 0.25) is 5.91 Å². The monoisotopic (exact) mass is 351 g/mol. The molecular weight excluding hydrogens is 330 g/mol. The summed E-state index contributed by atoms with van der Waals surface area (Å²) >= 11 is 1.11. The normalized spacial score (nSPS) is 22.6. The highest BCUT2D eigenvalue weighted by Crippen LogP contribution is 2.30. The van der Waals surface area contributed by atoms with Gasteiger partial charge in [0.25, 0.3) is 5.24 Å². The van der Waals surface area contributed by atoms with Crippen LogP contribution in [-0.4, -0.2) is 16.4 Å². The first kappa shape index (κ1) is 16.4. The van der Waals surface area contributed by atoms with E-state index in [-0.39, 0.29) is 16.4 Å². The summed E-state index contributed by atoms with van der Waals surface area (Å²) < 4.78 is 0. The molecule has 1 saturated heterocycles. The Kier molecular flexibility index (Phi) is 4.62. The third-order valence-corrected chi connectivity index (χ3v) is 6.14. The van der Waals surface area contributed by atoms with Crippen molar-refractivity contribution in [2.45, 2.75) is 37.4 Å². The topological polar surface area (TPSA) is 46.2 Å². The summed E-state index contributed by atoms with van der Waals surface area (Å²) in [5.41, 5.74) is 5.41. The fraction of sp³-hybridized carbons (Fsp3) is 0.333. The van der Waals surface area contributed by atoms with E-state index in [9.17, 15) is 9.59 Å². The van der Waals surface area contributed by atoms with Crippen LogP contribution in [0.5, 0.6) is 0 Å². The van der Waals surface area contributed by atoms with Crippen LogP contribution in [-0.2, 0) is 30.5 Å². The van der Waals surface area contributed by atoms with Gasteiger partial charge in [0.05, 0.1) is 5.25 Å². The molecule has 4 rings (SSSR count). The number of benzene rings is 2. The molecule has 4 heteroatoms. The van der Waals surface area contributed by atoms with Gasteiger partial charge >= 0.3 is 0 Å². The van der Waals surface area contributed by atoms with Crippen LogP contribution in [0.4, 0.5) is 4.79 Å². The molecule has 0 saturated carbocycles. The number of hydrogen-bond donors (Lipinski definition) is 1. The molecule has 2 aliphatic rings. The molecule has 0 aromatic heterocycles. The van der Waals surface area contributed by atoms with Crippen molar-refractivity contribution in [3.8, 4) is 0 Å². The van der Waals surface area contributed by atoms with E-state index in [0.29, 0.717) is 12.3 Å². The molecule has 1 fully saturated rings. The summed E-state index contributed by atoms with van der Waals surface area (Å²) in [4.78, 5) is 23.1. The zero-order chi connectivity index (χ0) is 17.2. The molecule has 2 unspecified atom stereocenters. The standard InChI is InChI=1S/C21H21NO2S/c23-20-19(25-21(24)22-20)13-16-7-9-17-8-6-15(11-18(17)12-16)10-14-4-2-1-3-5-14/h1-5,7,9,12,15,19H,6,8,10-11,13H2,(H,22,23,24). The molecule has 1 aliphatic carbocycles. The van der Waals surface area contributed by atoms with Gasteiger partial charge in [-0.2, -0.15) is 0 Å². The zero-order valence-corrected chi connectivity index (χ0v) is 14.9. The average molecular weight is 351 g/mol. The third kappa shape index (κ3) is 3.79. The molecule has 0 spiro atoms. The van der Waals surface area contributed by atoms with Crippen LogP contribution >= 0.6 is 11.8 Å². The van der Waals surface area contributed by atoms with E-state index in [1.165, 1.54) is 23.1 Å². The van der Waals surface area contributed by atoms with Crippen molar-refractivity contribution in [2.24, 2.45) is 5.92 Å². The Morgan fingerprint density at radius 3 is 2.56 bits per heavy atom. The van der Waals surface area contributed by atoms with E-state index in [1.807, 2.05) is 0 Å². The van der Waals surface area contributed by atoms with E-state index in [1.54, 1.807) is 0 Å². The van der Waals surface area contributed by atoms with Crippen LogP contribution in [0.15, 0.2) is 48.5 Å². The fourth-order valence-corrected chi connectivity index (χ4v) is 4.74. The molecule has 2 atom stereocenters. The number of amides is 2. The quantitative estimate of drug-likeness (QED) is 0.908. The minimum absolute atomic E-state index is 0.158. The molecule has 1 heterocycles. The third-order valence-electron chi connectivity index (χ3n) is 5.16. The van der Waals surface area contributed by atoms with E-state index in [4.69, 9.17) is 0 Å². The SMILES string of the molecule is O=C1NC(=O)C(Cc2ccc3c(c2)CC(Cc2ccccc2)CC3)S1. The molecule has 1 aliphatic heterocycles. The molecule has 2 amide bonds. The number of imide groups is 1. The van der Waals surface area contributed by atoms with E-state index in [2.05, 4.69) is 53.8 Å². The highest BCUT2D eigenvalue weighted by molar-refractivity contribution is 8.15. The van der Waals surface area contributed by atoms with Crippen LogP contribution in [0.25, 0.3) is 0 Å². The highest BCUT2D eigenvalue weighted by Gasteiger charge is 2.31. The van der Waals surface area contributed by atoms with Gasteiger partial charge in [-0.15, -0.1) is 0 Å².